The van der Waals surface area contributed by atoms with E-state index in [1.54, 1.807) is 6.07 Å². The van der Waals surface area contributed by atoms with Crippen LogP contribution in [0.15, 0.2) is 17.3 Å². The van der Waals surface area contributed by atoms with Gasteiger partial charge >= 0.3 is 0 Å². The van der Waals surface area contributed by atoms with Crippen LogP contribution in [0.25, 0.3) is 0 Å². The third-order valence-electron chi connectivity index (χ3n) is 3.30. The smallest absolute Gasteiger partial charge is 0.231 e. The van der Waals surface area contributed by atoms with Crippen LogP contribution in [0.3, 0.4) is 0 Å². The summed E-state index contributed by atoms with van der Waals surface area (Å²) in [5.74, 6) is 0.658. The Morgan fingerprint density at radius 2 is 2.26 bits per heavy atom. The number of aromatic nitrogens is 4. The van der Waals surface area contributed by atoms with Crippen LogP contribution in [0.1, 0.15) is 41.8 Å². The fourth-order valence-electron chi connectivity index (χ4n) is 2.21. The van der Waals surface area contributed by atoms with Gasteiger partial charge in [0, 0.05) is 11.3 Å². The minimum atomic E-state index is -0.135. The van der Waals surface area contributed by atoms with Gasteiger partial charge in [-0.05, 0) is 30.2 Å². The lowest BCUT2D eigenvalue weighted by molar-refractivity contribution is 0.101. The Morgan fingerprint density at radius 3 is 2.91 bits per heavy atom. The highest BCUT2D eigenvalue weighted by molar-refractivity contribution is 7.99. The number of nitrogens with zero attached hydrogens (tertiary/aromatic N) is 3. The van der Waals surface area contributed by atoms with Crippen LogP contribution in [-0.4, -0.2) is 43.9 Å². The summed E-state index contributed by atoms with van der Waals surface area (Å²) in [6, 6.07) is 3.51. The molecule has 7 nitrogen and oxygen atoms in total. The first kappa shape index (κ1) is 17.4. The summed E-state index contributed by atoms with van der Waals surface area (Å²) in [4.78, 5) is 11.5. The molecule has 0 aliphatic rings. The van der Waals surface area contributed by atoms with Gasteiger partial charge in [-0.25, -0.2) is 0 Å². The van der Waals surface area contributed by atoms with Crippen molar-refractivity contribution >= 4 is 17.5 Å². The Hall–Kier alpha value is -1.93. The van der Waals surface area contributed by atoms with Crippen molar-refractivity contribution in [3.8, 4) is 5.75 Å². The lowest BCUT2D eigenvalue weighted by Gasteiger charge is -2.13. The molecule has 23 heavy (non-hydrogen) atoms. The average molecular weight is 336 g/mol. The third-order valence-corrected chi connectivity index (χ3v) is 4.10. The molecule has 0 atom stereocenters. The average Bonchev–Trinajstić information content (AvgIpc) is 3.03. The molecule has 2 aromatic rings. The predicted octanol–water partition coefficient (Wildman–Crippen LogP) is 2.37. The number of tetrazole rings is 1. The molecule has 0 bridgehead atoms. The molecule has 0 saturated heterocycles. The quantitative estimate of drug-likeness (QED) is 0.412. The summed E-state index contributed by atoms with van der Waals surface area (Å²) in [7, 11) is 0. The van der Waals surface area contributed by atoms with Crippen LogP contribution >= 0.6 is 11.8 Å². The number of ketones is 1. The number of thioether (sulfide) groups is 1. The number of benzene rings is 1. The summed E-state index contributed by atoms with van der Waals surface area (Å²) < 4.78 is 5.66. The number of phenolic OH excluding ortho intramolecular Hbond substituents is 1. The minimum Gasteiger partial charge on any atom is -0.507 e. The summed E-state index contributed by atoms with van der Waals surface area (Å²) in [6.07, 6.45) is 1.60. The zero-order valence-electron chi connectivity index (χ0n) is 13.2. The van der Waals surface area contributed by atoms with Crippen LogP contribution in [0, 0.1) is 0 Å². The Kier molecular flexibility index (Phi) is 6.54. The number of H-pyrrole nitrogens is 1. The van der Waals surface area contributed by atoms with E-state index in [1.807, 2.05) is 13.0 Å². The molecular formula is C15H20N4O3S. The molecule has 0 aliphatic heterocycles. The number of Topliss-reactive ketones (excluding diaryl/α,β-unsaturated/α-hetero) is 1. The number of carbonyl (C=O) groups is 1. The second-order valence-electron chi connectivity index (χ2n) is 5.00. The monoisotopic (exact) mass is 336 g/mol. The number of aromatic hydroxyl groups is 1. The molecule has 0 fully saturated rings. The van der Waals surface area contributed by atoms with Crippen LogP contribution in [0.4, 0.5) is 0 Å². The molecule has 0 unspecified atom stereocenters. The molecule has 0 aliphatic carbocycles. The molecule has 0 amide bonds. The summed E-state index contributed by atoms with van der Waals surface area (Å²) in [5, 5.41) is 24.4. The van der Waals surface area contributed by atoms with Gasteiger partial charge in [0.1, 0.15) is 5.75 Å². The largest absolute Gasteiger partial charge is 0.507 e. The maximum absolute atomic E-state index is 11.5. The molecule has 8 heteroatoms. The van der Waals surface area contributed by atoms with E-state index in [2.05, 4.69) is 20.6 Å². The van der Waals surface area contributed by atoms with Gasteiger partial charge in [0.15, 0.2) is 5.78 Å². The number of ether oxygens (including phenoxy) is 1. The second-order valence-corrected chi connectivity index (χ2v) is 6.06. The van der Waals surface area contributed by atoms with Crippen molar-refractivity contribution in [3.05, 3.63) is 28.8 Å². The molecule has 0 saturated carbocycles. The third kappa shape index (κ3) is 4.77. The van der Waals surface area contributed by atoms with E-state index >= 15 is 0 Å². The van der Waals surface area contributed by atoms with E-state index in [0.717, 1.165) is 17.5 Å². The summed E-state index contributed by atoms with van der Waals surface area (Å²) in [6.45, 7) is 4.41. The molecule has 2 rings (SSSR count). The number of nitrogens with one attached hydrogen (secondary N) is 1. The lowest BCUT2D eigenvalue weighted by atomic mass is 9.97. The van der Waals surface area contributed by atoms with Crippen molar-refractivity contribution in [2.75, 3.05) is 12.4 Å². The first-order chi connectivity index (χ1) is 11.1. The number of hydrogen-bond acceptors (Lipinski definition) is 7. The number of hydrogen-bond donors (Lipinski definition) is 2. The lowest BCUT2D eigenvalue weighted by Crippen LogP contribution is -2.04. The zero-order valence-corrected chi connectivity index (χ0v) is 14.0. The molecule has 2 N–H and O–H groups in total. The first-order valence-electron chi connectivity index (χ1n) is 7.42. The van der Waals surface area contributed by atoms with Gasteiger partial charge in [-0.3, -0.25) is 4.79 Å². The van der Waals surface area contributed by atoms with E-state index in [4.69, 9.17) is 4.74 Å². The van der Waals surface area contributed by atoms with Crippen molar-refractivity contribution in [2.24, 2.45) is 0 Å². The molecular weight excluding hydrogens is 316 g/mol. The van der Waals surface area contributed by atoms with Gasteiger partial charge in [-0.15, -0.1) is 10.2 Å². The van der Waals surface area contributed by atoms with E-state index in [1.165, 1.54) is 18.7 Å². The maximum atomic E-state index is 11.5. The van der Waals surface area contributed by atoms with Gasteiger partial charge < -0.3 is 9.84 Å². The highest BCUT2D eigenvalue weighted by Gasteiger charge is 2.14. The fourth-order valence-corrected chi connectivity index (χ4v) is 2.80. The standard InChI is InChI=1S/C15H20N4O3S/c1-3-4-13-11(5-6-12(10(2)20)14(13)21)9-22-7-8-23-15-16-18-19-17-15/h5-6,21H,3-4,7-9H2,1-2H3,(H,16,17,18,19). The van der Waals surface area contributed by atoms with Gasteiger partial charge in [0.25, 0.3) is 0 Å². The molecule has 1 aromatic carbocycles. The highest BCUT2D eigenvalue weighted by Crippen LogP contribution is 2.28. The fraction of sp³-hybridized carbons (Fsp3) is 0.467. The van der Waals surface area contributed by atoms with E-state index in [-0.39, 0.29) is 11.5 Å². The Balaban J connectivity index is 1.93. The second kappa shape index (κ2) is 8.64. The predicted molar refractivity (Wildman–Crippen MR) is 86.7 cm³/mol. The number of rotatable bonds is 9. The summed E-state index contributed by atoms with van der Waals surface area (Å²) >= 11 is 1.45. The Morgan fingerprint density at radius 1 is 1.43 bits per heavy atom. The van der Waals surface area contributed by atoms with Crippen LogP contribution in [-0.2, 0) is 17.8 Å². The number of aromatic amines is 1. The molecule has 0 radical (unpaired) electrons. The Bertz CT molecular complexity index is 646. The SMILES string of the molecule is CCCc1c(COCCSc2nn[nH]n2)ccc(C(C)=O)c1O. The minimum absolute atomic E-state index is 0.0848. The Labute approximate surface area is 138 Å². The molecule has 1 heterocycles. The summed E-state index contributed by atoms with van der Waals surface area (Å²) in [5.41, 5.74) is 2.08. The highest BCUT2D eigenvalue weighted by atomic mass is 32.2. The maximum Gasteiger partial charge on any atom is 0.231 e. The van der Waals surface area contributed by atoms with Crippen LogP contribution in [0.2, 0.25) is 0 Å². The van der Waals surface area contributed by atoms with Crippen molar-refractivity contribution in [1.29, 1.82) is 0 Å². The molecule has 0 spiro atoms. The van der Waals surface area contributed by atoms with Crippen molar-refractivity contribution in [1.82, 2.24) is 20.6 Å². The topological polar surface area (TPSA) is 101 Å². The van der Waals surface area contributed by atoms with Gasteiger partial charge in [-0.2, -0.15) is 5.21 Å². The molecule has 1 aromatic heterocycles. The normalized spacial score (nSPS) is 10.9. The van der Waals surface area contributed by atoms with Crippen LogP contribution in [0.5, 0.6) is 5.75 Å². The van der Waals surface area contributed by atoms with Gasteiger partial charge in [-0.1, -0.05) is 31.2 Å². The zero-order chi connectivity index (χ0) is 16.7. The van der Waals surface area contributed by atoms with Crippen molar-refractivity contribution in [3.63, 3.8) is 0 Å². The first-order valence-corrected chi connectivity index (χ1v) is 8.40. The number of carbonyl (C=O) groups excluding carboxylic acids is 1. The van der Waals surface area contributed by atoms with E-state index < -0.39 is 0 Å². The molecule has 124 valence electrons. The van der Waals surface area contributed by atoms with E-state index in [0.29, 0.717) is 36.1 Å². The van der Waals surface area contributed by atoms with Gasteiger partial charge in [0.05, 0.1) is 18.8 Å². The van der Waals surface area contributed by atoms with Crippen molar-refractivity contribution < 1.29 is 14.6 Å². The number of phenols is 1. The van der Waals surface area contributed by atoms with Gasteiger partial charge in [0.2, 0.25) is 5.16 Å². The van der Waals surface area contributed by atoms with Crippen molar-refractivity contribution in [2.45, 2.75) is 38.5 Å². The van der Waals surface area contributed by atoms with Crippen LogP contribution < -0.4 is 0 Å². The van der Waals surface area contributed by atoms with E-state index in [9.17, 15) is 9.90 Å².